The molecule has 32 heavy (non-hydrogen) atoms. The number of nitrogens with zero attached hydrogens (tertiary/aromatic N) is 4. The molecule has 5 rings (SSSR count). The van der Waals surface area contributed by atoms with Gasteiger partial charge in [0, 0.05) is 28.3 Å². The molecule has 2 heterocycles. The lowest BCUT2D eigenvalue weighted by atomic mass is 10.1. The number of carbonyl (C=O) groups is 1. The smallest absolute Gasteiger partial charge is 0.242 e. The zero-order valence-electron chi connectivity index (χ0n) is 17.2. The molecule has 4 aromatic rings. The second-order valence-corrected chi connectivity index (χ2v) is 9.78. The van der Waals surface area contributed by atoms with E-state index in [0.29, 0.717) is 11.4 Å². The molecule has 1 aromatic heterocycles. The molecule has 0 saturated carbocycles. The van der Waals surface area contributed by atoms with Crippen LogP contribution in [0, 0.1) is 0 Å². The number of benzene rings is 3. The summed E-state index contributed by atoms with van der Waals surface area (Å²) in [5.74, 6) is 1.07. The maximum absolute atomic E-state index is 13.4. The van der Waals surface area contributed by atoms with Gasteiger partial charge in [-0.2, -0.15) is 0 Å². The molecule has 0 atom stereocenters. The Labute approximate surface area is 199 Å². The highest BCUT2D eigenvalue weighted by molar-refractivity contribution is 8.00. The number of aromatic nitrogens is 3. The number of rotatable bonds is 5. The van der Waals surface area contributed by atoms with Gasteiger partial charge in [0.2, 0.25) is 5.91 Å². The van der Waals surface area contributed by atoms with Gasteiger partial charge in [0.1, 0.15) is 5.82 Å². The molecule has 5 nitrogen and oxygen atoms in total. The molecule has 0 bridgehead atoms. The maximum Gasteiger partial charge on any atom is 0.242 e. The minimum Gasteiger partial charge on any atom is -0.309 e. The third-order valence-electron chi connectivity index (χ3n) is 5.19. The highest BCUT2D eigenvalue weighted by Gasteiger charge is 2.28. The minimum atomic E-state index is -0.0288. The SMILES string of the molecule is Cn1c(Cc2ccccc2)nnc1SCC(=O)N1c2ccccc2Sc2ccc(Cl)cc21. The first-order chi connectivity index (χ1) is 15.6. The van der Waals surface area contributed by atoms with E-state index in [9.17, 15) is 4.79 Å². The van der Waals surface area contributed by atoms with Crippen LogP contribution in [0.2, 0.25) is 5.02 Å². The Morgan fingerprint density at radius 3 is 2.56 bits per heavy atom. The standard InChI is InChI=1S/C24H19ClN4OS2/c1-28-22(13-16-7-3-2-4-8-16)26-27-24(28)31-15-23(30)29-18-9-5-6-10-20(18)32-21-12-11-17(25)14-19(21)29/h2-12,14H,13,15H2,1H3. The molecule has 0 N–H and O–H groups in total. The van der Waals surface area contributed by atoms with Crippen LogP contribution in [0.15, 0.2) is 87.7 Å². The van der Waals surface area contributed by atoms with E-state index in [4.69, 9.17) is 11.6 Å². The number of halogens is 1. The molecule has 0 aliphatic carbocycles. The quantitative estimate of drug-likeness (QED) is 0.330. The van der Waals surface area contributed by atoms with E-state index in [2.05, 4.69) is 22.3 Å². The summed E-state index contributed by atoms with van der Waals surface area (Å²) in [6.45, 7) is 0. The van der Waals surface area contributed by atoms with Gasteiger partial charge in [-0.15, -0.1) is 10.2 Å². The fourth-order valence-corrected chi connectivity index (χ4v) is 5.57. The van der Waals surface area contributed by atoms with Crippen LogP contribution < -0.4 is 4.90 Å². The molecule has 3 aromatic carbocycles. The van der Waals surface area contributed by atoms with Crippen LogP contribution in [0.5, 0.6) is 0 Å². The van der Waals surface area contributed by atoms with E-state index >= 15 is 0 Å². The van der Waals surface area contributed by atoms with Crippen molar-refractivity contribution in [3.8, 4) is 0 Å². The van der Waals surface area contributed by atoms with Crippen molar-refractivity contribution in [2.75, 3.05) is 10.7 Å². The van der Waals surface area contributed by atoms with E-state index in [1.54, 1.807) is 16.7 Å². The van der Waals surface area contributed by atoms with Crippen molar-refractivity contribution in [2.24, 2.45) is 7.05 Å². The summed E-state index contributed by atoms with van der Waals surface area (Å²) in [7, 11) is 1.94. The van der Waals surface area contributed by atoms with Crippen LogP contribution >= 0.6 is 35.1 Å². The summed E-state index contributed by atoms with van der Waals surface area (Å²) < 4.78 is 1.95. The van der Waals surface area contributed by atoms with Gasteiger partial charge in [-0.05, 0) is 35.9 Å². The molecule has 1 aliphatic heterocycles. The highest BCUT2D eigenvalue weighted by Crippen LogP contribution is 2.49. The molecule has 8 heteroatoms. The van der Waals surface area contributed by atoms with Crippen molar-refractivity contribution in [3.05, 3.63) is 89.2 Å². The van der Waals surface area contributed by atoms with Gasteiger partial charge < -0.3 is 4.57 Å². The Morgan fingerprint density at radius 2 is 1.72 bits per heavy atom. The molecule has 1 aliphatic rings. The van der Waals surface area contributed by atoms with Crippen molar-refractivity contribution in [2.45, 2.75) is 21.4 Å². The summed E-state index contributed by atoms with van der Waals surface area (Å²) in [5, 5.41) is 9.97. The molecular weight excluding hydrogens is 460 g/mol. The van der Waals surface area contributed by atoms with E-state index in [-0.39, 0.29) is 11.7 Å². The minimum absolute atomic E-state index is 0.0288. The summed E-state index contributed by atoms with van der Waals surface area (Å²) in [4.78, 5) is 17.2. The van der Waals surface area contributed by atoms with Crippen LogP contribution in [0.25, 0.3) is 0 Å². The van der Waals surface area contributed by atoms with E-state index in [1.807, 2.05) is 72.3 Å². The molecule has 0 saturated heterocycles. The van der Waals surface area contributed by atoms with Crippen LogP contribution in [0.1, 0.15) is 11.4 Å². The number of hydrogen-bond donors (Lipinski definition) is 0. The maximum atomic E-state index is 13.4. The average Bonchev–Trinajstić information content (AvgIpc) is 3.15. The van der Waals surface area contributed by atoms with Crippen LogP contribution in [0.4, 0.5) is 11.4 Å². The van der Waals surface area contributed by atoms with Gasteiger partial charge in [-0.3, -0.25) is 9.69 Å². The number of fused-ring (bicyclic) bond motifs is 2. The van der Waals surface area contributed by atoms with Crippen LogP contribution in [-0.4, -0.2) is 26.4 Å². The second kappa shape index (κ2) is 9.02. The molecule has 0 fully saturated rings. The number of anilines is 2. The molecular formula is C24H19ClN4OS2. The van der Waals surface area contributed by atoms with Gasteiger partial charge in [0.05, 0.1) is 17.1 Å². The van der Waals surface area contributed by atoms with Gasteiger partial charge in [0.15, 0.2) is 5.16 Å². The lowest BCUT2D eigenvalue weighted by Crippen LogP contribution is -2.30. The van der Waals surface area contributed by atoms with E-state index < -0.39 is 0 Å². The van der Waals surface area contributed by atoms with Gasteiger partial charge in [-0.1, -0.05) is 77.6 Å². The third kappa shape index (κ3) is 4.16. The Morgan fingerprint density at radius 1 is 0.969 bits per heavy atom. The Balaban J connectivity index is 1.37. The lowest BCUT2D eigenvalue weighted by Gasteiger charge is -2.31. The third-order valence-corrected chi connectivity index (χ3v) is 7.56. The fourth-order valence-electron chi connectivity index (χ4n) is 3.59. The normalized spacial score (nSPS) is 12.4. The van der Waals surface area contributed by atoms with Gasteiger partial charge in [0.25, 0.3) is 0 Å². The fraction of sp³-hybridized carbons (Fsp3) is 0.125. The first-order valence-electron chi connectivity index (χ1n) is 10.0. The monoisotopic (exact) mass is 478 g/mol. The summed E-state index contributed by atoms with van der Waals surface area (Å²) in [5.41, 5.74) is 2.86. The van der Waals surface area contributed by atoms with Gasteiger partial charge >= 0.3 is 0 Å². The first kappa shape index (κ1) is 21.1. The Bertz CT molecular complexity index is 1290. The number of para-hydroxylation sites is 1. The lowest BCUT2D eigenvalue weighted by molar-refractivity contribution is -0.115. The Kier molecular flexibility index (Phi) is 5.95. The van der Waals surface area contributed by atoms with Crippen molar-refractivity contribution >= 4 is 52.4 Å². The molecule has 0 radical (unpaired) electrons. The average molecular weight is 479 g/mol. The predicted octanol–water partition coefficient (Wildman–Crippen LogP) is 5.98. The number of carbonyl (C=O) groups excluding carboxylic acids is 1. The topological polar surface area (TPSA) is 51.0 Å². The second-order valence-electron chi connectivity index (χ2n) is 7.32. The molecule has 1 amide bonds. The van der Waals surface area contributed by atoms with Gasteiger partial charge in [-0.25, -0.2) is 0 Å². The number of thioether (sulfide) groups is 1. The predicted molar refractivity (Wildman–Crippen MR) is 130 cm³/mol. The first-order valence-corrected chi connectivity index (χ1v) is 12.2. The van der Waals surface area contributed by atoms with Crippen LogP contribution in [0.3, 0.4) is 0 Å². The summed E-state index contributed by atoms with van der Waals surface area (Å²) in [6, 6.07) is 23.8. The van der Waals surface area contributed by atoms with Crippen molar-refractivity contribution in [3.63, 3.8) is 0 Å². The van der Waals surface area contributed by atoms with Crippen LogP contribution in [-0.2, 0) is 18.3 Å². The molecule has 160 valence electrons. The zero-order valence-corrected chi connectivity index (χ0v) is 19.6. The van der Waals surface area contributed by atoms with E-state index in [1.165, 1.54) is 17.3 Å². The van der Waals surface area contributed by atoms with E-state index in [0.717, 1.165) is 32.1 Å². The Hall–Kier alpha value is -2.74. The number of hydrogen-bond acceptors (Lipinski definition) is 5. The van der Waals surface area contributed by atoms with Crippen molar-refractivity contribution in [1.82, 2.24) is 14.8 Å². The summed E-state index contributed by atoms with van der Waals surface area (Å²) >= 11 is 9.30. The molecule has 0 spiro atoms. The number of amides is 1. The van der Waals surface area contributed by atoms with Crippen molar-refractivity contribution < 1.29 is 4.79 Å². The highest BCUT2D eigenvalue weighted by atomic mass is 35.5. The summed E-state index contributed by atoms with van der Waals surface area (Å²) in [6.07, 6.45) is 0.696. The molecule has 0 unspecified atom stereocenters. The zero-order chi connectivity index (χ0) is 22.1. The van der Waals surface area contributed by atoms with Crippen molar-refractivity contribution in [1.29, 1.82) is 0 Å². The largest absolute Gasteiger partial charge is 0.309 e.